The Bertz CT molecular complexity index is 702. The van der Waals surface area contributed by atoms with Gasteiger partial charge in [-0.15, -0.1) is 0 Å². The van der Waals surface area contributed by atoms with Crippen molar-refractivity contribution < 1.29 is 4.79 Å². The average Bonchev–Trinajstić information content (AvgIpc) is 3.16. The van der Waals surface area contributed by atoms with Gasteiger partial charge >= 0.3 is 0 Å². The van der Waals surface area contributed by atoms with E-state index >= 15 is 0 Å². The van der Waals surface area contributed by atoms with Gasteiger partial charge in [-0.05, 0) is 25.5 Å². The Morgan fingerprint density at radius 2 is 2.13 bits per heavy atom. The van der Waals surface area contributed by atoms with Gasteiger partial charge in [0.1, 0.15) is 5.82 Å². The number of aromatic amines is 1. The summed E-state index contributed by atoms with van der Waals surface area (Å²) in [4.78, 5) is 23.7. The zero-order valence-electron chi connectivity index (χ0n) is 14.1. The van der Waals surface area contributed by atoms with Gasteiger partial charge < -0.3 is 4.90 Å². The van der Waals surface area contributed by atoms with E-state index in [1.807, 2.05) is 44.7 Å². The normalized spacial score (nSPS) is 18.4. The van der Waals surface area contributed by atoms with Gasteiger partial charge in [0.05, 0.1) is 11.4 Å². The Hall–Kier alpha value is -2.24. The van der Waals surface area contributed by atoms with Gasteiger partial charge in [0.15, 0.2) is 0 Å². The third-order valence-corrected chi connectivity index (χ3v) is 4.13. The number of rotatable bonds is 2. The molecule has 1 fully saturated rings. The first-order valence-corrected chi connectivity index (χ1v) is 7.99. The number of H-pyrrole nitrogens is 1. The summed E-state index contributed by atoms with van der Waals surface area (Å²) in [5.41, 5.74) is 2.33. The predicted octanol–water partition coefficient (Wildman–Crippen LogP) is 2.54. The number of carbonyl (C=O) groups is 1. The first-order chi connectivity index (χ1) is 10.8. The molecule has 1 aliphatic rings. The highest BCUT2D eigenvalue weighted by Gasteiger charge is 2.34. The minimum atomic E-state index is -0.344. The molecule has 3 heterocycles. The van der Waals surface area contributed by atoms with Gasteiger partial charge in [0, 0.05) is 36.3 Å². The predicted molar refractivity (Wildman–Crippen MR) is 87.7 cm³/mol. The van der Waals surface area contributed by atoms with Crippen molar-refractivity contribution >= 4 is 5.91 Å². The van der Waals surface area contributed by atoms with Crippen molar-refractivity contribution in [1.82, 2.24) is 25.1 Å². The van der Waals surface area contributed by atoms with Crippen LogP contribution >= 0.6 is 0 Å². The van der Waals surface area contributed by atoms with Gasteiger partial charge in [0.25, 0.3) is 0 Å². The fraction of sp³-hybridized carbons (Fsp3) is 0.529. The lowest BCUT2D eigenvalue weighted by Gasteiger charge is -2.25. The molecule has 1 atom stereocenters. The van der Waals surface area contributed by atoms with Crippen molar-refractivity contribution in [1.29, 1.82) is 0 Å². The Labute approximate surface area is 136 Å². The average molecular weight is 313 g/mol. The molecule has 1 unspecified atom stereocenters. The van der Waals surface area contributed by atoms with E-state index in [0.717, 1.165) is 35.9 Å². The summed E-state index contributed by atoms with van der Waals surface area (Å²) in [5, 5.41) is 6.92. The lowest BCUT2D eigenvalue weighted by atomic mass is 9.95. The standard InChI is InChI=1S/C17H23N5O/c1-11-9-14(13-5-7-18-21-13)20-15(19-11)12-6-8-22(10-12)16(23)17(2,3)4/h5,7,9,12H,6,8,10H2,1-4H3,(H,18,21). The van der Waals surface area contributed by atoms with E-state index in [-0.39, 0.29) is 17.2 Å². The van der Waals surface area contributed by atoms with Crippen molar-refractivity contribution in [2.45, 2.75) is 40.0 Å². The van der Waals surface area contributed by atoms with Crippen LogP contribution in [0.25, 0.3) is 11.4 Å². The molecule has 6 nitrogen and oxygen atoms in total. The maximum atomic E-state index is 12.4. The Kier molecular flexibility index (Phi) is 3.92. The zero-order valence-corrected chi connectivity index (χ0v) is 14.1. The highest BCUT2D eigenvalue weighted by molar-refractivity contribution is 5.81. The zero-order chi connectivity index (χ0) is 16.6. The van der Waals surface area contributed by atoms with E-state index in [4.69, 9.17) is 4.98 Å². The van der Waals surface area contributed by atoms with Gasteiger partial charge in [0.2, 0.25) is 5.91 Å². The van der Waals surface area contributed by atoms with Gasteiger partial charge in [-0.3, -0.25) is 9.89 Å². The molecule has 23 heavy (non-hydrogen) atoms. The van der Waals surface area contributed by atoms with Crippen LogP contribution in [0.3, 0.4) is 0 Å². The molecule has 1 amide bonds. The molecular weight excluding hydrogens is 290 g/mol. The summed E-state index contributed by atoms with van der Waals surface area (Å²) < 4.78 is 0. The van der Waals surface area contributed by atoms with Gasteiger partial charge in [-0.25, -0.2) is 9.97 Å². The molecule has 2 aromatic heterocycles. The maximum Gasteiger partial charge on any atom is 0.227 e. The number of aryl methyl sites for hydroxylation is 1. The first kappa shape index (κ1) is 15.6. The summed E-state index contributed by atoms with van der Waals surface area (Å²) in [6.45, 7) is 9.32. The van der Waals surface area contributed by atoms with Gasteiger partial charge in [-0.1, -0.05) is 20.8 Å². The molecule has 2 aromatic rings. The molecule has 0 bridgehead atoms. The van der Waals surface area contributed by atoms with Crippen LogP contribution in [0.1, 0.15) is 44.6 Å². The largest absolute Gasteiger partial charge is 0.341 e. The van der Waals surface area contributed by atoms with Crippen molar-refractivity contribution in [3.8, 4) is 11.4 Å². The molecule has 3 rings (SSSR count). The number of amides is 1. The van der Waals surface area contributed by atoms with E-state index in [0.29, 0.717) is 6.54 Å². The maximum absolute atomic E-state index is 12.4. The number of nitrogens with zero attached hydrogens (tertiary/aromatic N) is 4. The van der Waals surface area contributed by atoms with E-state index in [1.54, 1.807) is 6.20 Å². The third-order valence-electron chi connectivity index (χ3n) is 4.13. The number of nitrogens with one attached hydrogen (secondary N) is 1. The van der Waals surface area contributed by atoms with Crippen LogP contribution in [0, 0.1) is 12.3 Å². The molecule has 1 saturated heterocycles. The summed E-state index contributed by atoms with van der Waals surface area (Å²) >= 11 is 0. The highest BCUT2D eigenvalue weighted by atomic mass is 16.2. The second-order valence-electron chi connectivity index (χ2n) is 7.21. The van der Waals surface area contributed by atoms with Crippen LogP contribution in [0.5, 0.6) is 0 Å². The number of carbonyl (C=O) groups excluding carboxylic acids is 1. The van der Waals surface area contributed by atoms with E-state index in [1.165, 1.54) is 0 Å². The fourth-order valence-electron chi connectivity index (χ4n) is 2.94. The second kappa shape index (κ2) is 5.76. The molecule has 0 aliphatic carbocycles. The quantitative estimate of drug-likeness (QED) is 0.924. The molecule has 6 heteroatoms. The number of hydrogen-bond donors (Lipinski definition) is 1. The third kappa shape index (κ3) is 3.25. The number of aromatic nitrogens is 4. The van der Waals surface area contributed by atoms with Crippen molar-refractivity contribution in [3.05, 3.63) is 29.8 Å². The van der Waals surface area contributed by atoms with Gasteiger partial charge in [-0.2, -0.15) is 5.10 Å². The van der Waals surface area contributed by atoms with Crippen molar-refractivity contribution in [3.63, 3.8) is 0 Å². The van der Waals surface area contributed by atoms with Crippen LogP contribution in [-0.2, 0) is 4.79 Å². The lowest BCUT2D eigenvalue weighted by Crippen LogP contribution is -2.37. The minimum Gasteiger partial charge on any atom is -0.341 e. The van der Waals surface area contributed by atoms with Crippen LogP contribution in [-0.4, -0.2) is 44.1 Å². The Morgan fingerprint density at radius 3 is 2.78 bits per heavy atom. The molecule has 1 aliphatic heterocycles. The molecule has 0 aromatic carbocycles. The van der Waals surface area contributed by atoms with Crippen molar-refractivity contribution in [2.24, 2.45) is 5.41 Å². The molecule has 122 valence electrons. The molecule has 0 saturated carbocycles. The summed E-state index contributed by atoms with van der Waals surface area (Å²) in [6, 6.07) is 3.85. The topological polar surface area (TPSA) is 74.8 Å². The summed E-state index contributed by atoms with van der Waals surface area (Å²) in [7, 11) is 0. The summed E-state index contributed by atoms with van der Waals surface area (Å²) in [6.07, 6.45) is 2.62. The number of hydrogen-bond acceptors (Lipinski definition) is 4. The Morgan fingerprint density at radius 1 is 1.35 bits per heavy atom. The minimum absolute atomic E-state index is 0.196. The van der Waals surface area contributed by atoms with Crippen LogP contribution in [0.2, 0.25) is 0 Å². The molecule has 1 N–H and O–H groups in total. The second-order valence-corrected chi connectivity index (χ2v) is 7.21. The van der Waals surface area contributed by atoms with E-state index in [9.17, 15) is 4.79 Å². The monoisotopic (exact) mass is 313 g/mol. The molecule has 0 radical (unpaired) electrons. The first-order valence-electron chi connectivity index (χ1n) is 7.99. The van der Waals surface area contributed by atoms with E-state index in [2.05, 4.69) is 15.2 Å². The highest BCUT2D eigenvalue weighted by Crippen LogP contribution is 2.29. The molecular formula is C17H23N5O. The van der Waals surface area contributed by atoms with Crippen LogP contribution in [0.15, 0.2) is 18.3 Å². The Balaban J connectivity index is 1.82. The smallest absolute Gasteiger partial charge is 0.227 e. The SMILES string of the molecule is Cc1cc(-c2ccn[nH]2)nc(C2CCN(C(=O)C(C)(C)C)C2)n1. The fourth-order valence-corrected chi connectivity index (χ4v) is 2.94. The van der Waals surface area contributed by atoms with Crippen LogP contribution in [0.4, 0.5) is 0 Å². The van der Waals surface area contributed by atoms with Crippen molar-refractivity contribution in [2.75, 3.05) is 13.1 Å². The molecule has 0 spiro atoms. The van der Waals surface area contributed by atoms with Crippen LogP contribution < -0.4 is 0 Å². The summed E-state index contributed by atoms with van der Waals surface area (Å²) in [5.74, 6) is 1.21. The number of likely N-dealkylation sites (tertiary alicyclic amines) is 1. The van der Waals surface area contributed by atoms with E-state index < -0.39 is 0 Å². The lowest BCUT2D eigenvalue weighted by molar-refractivity contribution is -0.138.